The summed E-state index contributed by atoms with van der Waals surface area (Å²) >= 11 is 0. The molecule has 1 aliphatic heterocycles. The lowest BCUT2D eigenvalue weighted by Crippen LogP contribution is -2.12. The maximum atomic E-state index is 12.3. The Morgan fingerprint density at radius 1 is 1.19 bits per heavy atom. The highest BCUT2D eigenvalue weighted by atomic mass is 32.2. The number of hydrogen-bond donors (Lipinski definition) is 2. The van der Waals surface area contributed by atoms with E-state index in [1.807, 2.05) is 12.1 Å². The molecule has 0 saturated heterocycles. The zero-order valence-electron chi connectivity index (χ0n) is 13.6. The number of ether oxygens (including phenoxy) is 1. The Morgan fingerprint density at radius 3 is 2.73 bits per heavy atom. The molecule has 0 radical (unpaired) electrons. The Balaban J connectivity index is 1.85. The van der Waals surface area contributed by atoms with Gasteiger partial charge in [-0.25, -0.2) is 13.6 Å². The Morgan fingerprint density at radius 2 is 2.00 bits per heavy atom. The van der Waals surface area contributed by atoms with Gasteiger partial charge < -0.3 is 14.5 Å². The van der Waals surface area contributed by atoms with Gasteiger partial charge in [0.05, 0.1) is 17.6 Å². The van der Waals surface area contributed by atoms with Crippen molar-refractivity contribution in [3.8, 4) is 5.75 Å². The Bertz CT molecular complexity index is 1190. The molecule has 3 N–H and O–H groups in total. The van der Waals surface area contributed by atoms with Crippen molar-refractivity contribution in [3.05, 3.63) is 53.8 Å². The standard InChI is InChI=1S/C18H14N2O5S/c1-24-16-4-2-3-10-7-11(25-17(10)16)8-14-13-9-12(26(19,22)23)5-6-15(13)20-18(14)21/h2-9H,1H3,(H,20,21)(H2,19,22,23)/b14-8+. The lowest BCUT2D eigenvalue weighted by Gasteiger charge is -2.02. The predicted octanol–water partition coefficient (Wildman–Crippen LogP) is 2.58. The van der Waals surface area contributed by atoms with Crippen molar-refractivity contribution in [2.24, 2.45) is 5.14 Å². The van der Waals surface area contributed by atoms with Crippen molar-refractivity contribution in [1.82, 2.24) is 0 Å². The second-order valence-electron chi connectivity index (χ2n) is 5.79. The van der Waals surface area contributed by atoms with Crippen LogP contribution in [0.25, 0.3) is 22.6 Å². The van der Waals surface area contributed by atoms with Crippen molar-refractivity contribution < 1.29 is 22.4 Å². The minimum Gasteiger partial charge on any atom is -0.493 e. The van der Waals surface area contributed by atoms with Gasteiger partial charge in [0.15, 0.2) is 11.3 Å². The molecule has 1 aromatic heterocycles. The molecular weight excluding hydrogens is 356 g/mol. The summed E-state index contributed by atoms with van der Waals surface area (Å²) in [6.45, 7) is 0. The van der Waals surface area contributed by atoms with E-state index in [1.54, 1.807) is 25.3 Å². The molecule has 1 amide bonds. The third-order valence-corrected chi connectivity index (χ3v) is 5.05. The maximum absolute atomic E-state index is 12.3. The summed E-state index contributed by atoms with van der Waals surface area (Å²) in [4.78, 5) is 12.2. The molecule has 0 saturated carbocycles. The predicted molar refractivity (Wildman–Crippen MR) is 97.1 cm³/mol. The van der Waals surface area contributed by atoms with Crippen LogP contribution < -0.4 is 15.2 Å². The number of para-hydroxylation sites is 1. The minimum atomic E-state index is -3.87. The SMILES string of the molecule is COc1cccc2cc(/C=C3/C(=O)Nc4ccc(S(N)(=O)=O)cc43)oc12. The number of fused-ring (bicyclic) bond motifs is 2. The third kappa shape index (κ3) is 2.65. The zero-order chi connectivity index (χ0) is 18.5. The second kappa shape index (κ2) is 5.72. The van der Waals surface area contributed by atoms with E-state index in [2.05, 4.69) is 5.32 Å². The second-order valence-corrected chi connectivity index (χ2v) is 7.35. The zero-order valence-corrected chi connectivity index (χ0v) is 14.5. The van der Waals surface area contributed by atoms with Gasteiger partial charge in [0.1, 0.15) is 5.76 Å². The smallest absolute Gasteiger partial charge is 0.256 e. The lowest BCUT2D eigenvalue weighted by molar-refractivity contribution is -0.110. The van der Waals surface area contributed by atoms with E-state index in [4.69, 9.17) is 14.3 Å². The van der Waals surface area contributed by atoms with E-state index in [9.17, 15) is 13.2 Å². The third-order valence-electron chi connectivity index (χ3n) is 4.14. The molecule has 2 heterocycles. The van der Waals surface area contributed by atoms with Gasteiger partial charge in [-0.1, -0.05) is 12.1 Å². The number of furan rings is 1. The van der Waals surface area contributed by atoms with Crippen LogP contribution in [0.4, 0.5) is 5.69 Å². The number of methoxy groups -OCH3 is 1. The average molecular weight is 370 g/mol. The fourth-order valence-corrected chi connectivity index (χ4v) is 3.46. The minimum absolute atomic E-state index is 0.0649. The van der Waals surface area contributed by atoms with Gasteiger partial charge in [-0.2, -0.15) is 0 Å². The van der Waals surface area contributed by atoms with Gasteiger partial charge >= 0.3 is 0 Å². The number of hydrogen-bond acceptors (Lipinski definition) is 5. The van der Waals surface area contributed by atoms with Crippen molar-refractivity contribution >= 4 is 44.2 Å². The van der Waals surface area contributed by atoms with Crippen LogP contribution in [-0.2, 0) is 14.8 Å². The van der Waals surface area contributed by atoms with E-state index in [0.29, 0.717) is 33.9 Å². The Hall–Kier alpha value is -3.10. The lowest BCUT2D eigenvalue weighted by atomic mass is 10.1. The molecule has 4 rings (SSSR count). The van der Waals surface area contributed by atoms with Crippen LogP contribution in [0, 0.1) is 0 Å². The summed E-state index contributed by atoms with van der Waals surface area (Å²) < 4.78 is 34.2. The van der Waals surface area contributed by atoms with E-state index in [-0.39, 0.29) is 10.8 Å². The molecule has 26 heavy (non-hydrogen) atoms. The monoisotopic (exact) mass is 370 g/mol. The van der Waals surface area contributed by atoms with E-state index < -0.39 is 10.0 Å². The maximum Gasteiger partial charge on any atom is 0.256 e. The number of amides is 1. The van der Waals surface area contributed by atoms with Gasteiger partial charge in [0, 0.05) is 16.6 Å². The number of nitrogens with two attached hydrogens (primary N) is 1. The average Bonchev–Trinajstić information content (AvgIpc) is 3.14. The first kappa shape index (κ1) is 16.4. The van der Waals surface area contributed by atoms with Crippen LogP contribution in [0.5, 0.6) is 5.75 Å². The number of carbonyl (C=O) groups excluding carboxylic acids is 1. The molecule has 7 nitrogen and oxygen atoms in total. The van der Waals surface area contributed by atoms with Gasteiger partial charge in [-0.3, -0.25) is 4.79 Å². The van der Waals surface area contributed by atoms with Gasteiger partial charge in [0.2, 0.25) is 10.0 Å². The molecule has 0 spiro atoms. The summed E-state index contributed by atoms with van der Waals surface area (Å²) in [6.07, 6.45) is 1.56. The van der Waals surface area contributed by atoms with E-state index >= 15 is 0 Å². The van der Waals surface area contributed by atoms with Crippen molar-refractivity contribution in [2.45, 2.75) is 4.90 Å². The molecule has 0 atom stereocenters. The van der Waals surface area contributed by atoms with Crippen LogP contribution in [0.1, 0.15) is 11.3 Å². The molecule has 1 aliphatic rings. The van der Waals surface area contributed by atoms with E-state index in [0.717, 1.165) is 5.39 Å². The van der Waals surface area contributed by atoms with Crippen LogP contribution in [0.3, 0.4) is 0 Å². The van der Waals surface area contributed by atoms with Crippen molar-refractivity contribution in [1.29, 1.82) is 0 Å². The molecule has 0 fully saturated rings. The van der Waals surface area contributed by atoms with Gasteiger partial charge in [-0.05, 0) is 36.4 Å². The molecule has 0 unspecified atom stereocenters. The topological polar surface area (TPSA) is 112 Å². The molecule has 0 aliphatic carbocycles. The van der Waals surface area contributed by atoms with Crippen molar-refractivity contribution in [3.63, 3.8) is 0 Å². The van der Waals surface area contributed by atoms with Crippen LogP contribution in [0.15, 0.2) is 51.8 Å². The number of primary sulfonamides is 1. The van der Waals surface area contributed by atoms with Crippen LogP contribution >= 0.6 is 0 Å². The number of carbonyl (C=O) groups is 1. The molecule has 8 heteroatoms. The highest BCUT2D eigenvalue weighted by Gasteiger charge is 2.26. The Kier molecular flexibility index (Phi) is 3.60. The molecular formula is C18H14N2O5S. The van der Waals surface area contributed by atoms with Crippen LogP contribution in [-0.4, -0.2) is 21.4 Å². The van der Waals surface area contributed by atoms with E-state index in [1.165, 1.54) is 18.2 Å². The first-order valence-electron chi connectivity index (χ1n) is 7.63. The van der Waals surface area contributed by atoms with Gasteiger partial charge in [0.25, 0.3) is 5.91 Å². The summed E-state index contributed by atoms with van der Waals surface area (Å²) in [6, 6.07) is 11.5. The molecule has 2 aromatic carbocycles. The first-order valence-corrected chi connectivity index (χ1v) is 9.18. The van der Waals surface area contributed by atoms with Crippen LogP contribution in [0.2, 0.25) is 0 Å². The summed E-state index contributed by atoms with van der Waals surface area (Å²) in [5.74, 6) is 0.683. The highest BCUT2D eigenvalue weighted by molar-refractivity contribution is 7.89. The number of benzene rings is 2. The number of sulfonamides is 1. The summed E-state index contributed by atoms with van der Waals surface area (Å²) in [5.41, 5.74) is 1.83. The summed E-state index contributed by atoms with van der Waals surface area (Å²) in [7, 11) is -2.33. The Labute approximate surface area is 149 Å². The molecule has 0 bridgehead atoms. The molecule has 132 valence electrons. The molecule has 3 aromatic rings. The van der Waals surface area contributed by atoms with Gasteiger partial charge in [-0.15, -0.1) is 0 Å². The fourth-order valence-electron chi connectivity index (χ4n) is 2.92. The quantitative estimate of drug-likeness (QED) is 0.688. The largest absolute Gasteiger partial charge is 0.493 e. The number of anilines is 1. The first-order chi connectivity index (χ1) is 12.4. The fraction of sp³-hybridized carbons (Fsp3) is 0.0556. The number of rotatable bonds is 3. The number of nitrogens with one attached hydrogen (secondary N) is 1. The normalized spacial score (nSPS) is 15.3. The highest BCUT2D eigenvalue weighted by Crippen LogP contribution is 2.36. The summed E-state index contributed by atoms with van der Waals surface area (Å²) in [5, 5.41) is 8.70. The van der Waals surface area contributed by atoms with Crippen molar-refractivity contribution in [2.75, 3.05) is 12.4 Å².